The number of benzene rings is 9. The maximum Gasteiger partial charge on any atom is 0.194 e. The summed E-state index contributed by atoms with van der Waals surface area (Å²) in [5.74, 6) is 7.96. The summed E-state index contributed by atoms with van der Waals surface area (Å²) in [6.45, 7) is 35.9. The molecule has 0 aromatic heterocycles. The number of carbonyl (C=O) groups is 4. The van der Waals surface area contributed by atoms with Crippen molar-refractivity contribution in [1.82, 2.24) is 0 Å². The molecule has 9 atom stereocenters. The number of carbonyl (C=O) groups excluding carboxylic acids is 4. The molecule has 3 aliphatic rings. The minimum atomic E-state index is -0.485. The van der Waals surface area contributed by atoms with Crippen LogP contribution in [0, 0.1) is 53.3 Å². The van der Waals surface area contributed by atoms with Gasteiger partial charge in [0.2, 0.25) is 0 Å². The van der Waals surface area contributed by atoms with Gasteiger partial charge in [0, 0.05) is 58.4 Å². The number of ether oxygens (including phenoxy) is 6. The maximum atomic E-state index is 13.3. The van der Waals surface area contributed by atoms with Crippen molar-refractivity contribution < 1.29 is 57.8 Å². The molecule has 127 heavy (non-hydrogen) atoms. The molecule has 0 bridgehead atoms. The van der Waals surface area contributed by atoms with Gasteiger partial charge in [0.25, 0.3) is 0 Å². The summed E-state index contributed by atoms with van der Waals surface area (Å²) in [5, 5.41) is 29.6. The van der Waals surface area contributed by atoms with Gasteiger partial charge >= 0.3 is 0 Å². The van der Waals surface area contributed by atoms with Gasteiger partial charge in [-0.05, 0) is 290 Å². The van der Waals surface area contributed by atoms with Crippen molar-refractivity contribution in [2.24, 2.45) is 53.3 Å². The zero-order valence-electron chi connectivity index (χ0n) is 79.1. The summed E-state index contributed by atoms with van der Waals surface area (Å²) < 4.78 is 39.1. The highest BCUT2D eigenvalue weighted by molar-refractivity contribution is 9.11. The quantitative estimate of drug-likeness (QED) is 0.0274. The topological polar surface area (TPSA) is 164 Å². The Bertz CT molecular complexity index is 4760. The number of alkyl halides is 1. The Morgan fingerprint density at radius 1 is 0.299 bits per heavy atom. The average molecular weight is 1930 g/mol. The Morgan fingerprint density at radius 3 is 0.953 bits per heavy atom. The highest BCUT2D eigenvalue weighted by atomic mass is 79.9. The van der Waals surface area contributed by atoms with Crippen LogP contribution in [-0.4, -0.2) is 78.3 Å². The summed E-state index contributed by atoms with van der Waals surface area (Å²) >= 11 is 11.3. The minimum absolute atomic E-state index is 0.0102. The number of ketones is 4. The normalized spacial score (nSPS) is 15.4. The zero-order chi connectivity index (χ0) is 91.7. The molecule has 0 saturated heterocycles. The SMILES string of the molecule is CCCCC(CC)CBr.CCCCC(CC)COC1=CC2C(=O)c3ccc(OCC(CC)CCCC)cc3C(=O)C2C=C1.CCCCC(CC)COc1ccc2c(Br)c3cc(OCC(CC)CCCC)ccc3c(Br)c2c1.CCCCC(CC)COc1ccc2cc3cc(OCC(CC)CCCC)ccc3cc2c1.O=C1c2ccc(O)cc2C(=O)c2ccc(O)cc21. The highest BCUT2D eigenvalue weighted by Crippen LogP contribution is 2.44. The van der Waals surface area contributed by atoms with E-state index in [1.807, 2.05) is 24.3 Å². The van der Waals surface area contributed by atoms with Crippen LogP contribution in [0.1, 0.15) is 329 Å². The smallest absolute Gasteiger partial charge is 0.194 e. The average Bonchev–Trinajstić information content (AvgIpc) is 0.762. The molecule has 0 heterocycles. The van der Waals surface area contributed by atoms with Gasteiger partial charge < -0.3 is 38.6 Å². The van der Waals surface area contributed by atoms with E-state index in [4.69, 9.17) is 28.4 Å². The van der Waals surface area contributed by atoms with Gasteiger partial charge in [-0.2, -0.15) is 0 Å². The summed E-state index contributed by atoms with van der Waals surface area (Å²) in [6, 6.07) is 43.8. The summed E-state index contributed by atoms with van der Waals surface area (Å²) in [6.07, 6.45) is 40.0. The summed E-state index contributed by atoms with van der Waals surface area (Å²) in [5.41, 5.74) is 1.86. The van der Waals surface area contributed by atoms with E-state index in [0.717, 1.165) is 114 Å². The second kappa shape index (κ2) is 55.9. The van der Waals surface area contributed by atoms with E-state index in [1.54, 1.807) is 12.1 Å². The largest absolute Gasteiger partial charge is 0.508 e. The van der Waals surface area contributed by atoms with Crippen LogP contribution in [0.2, 0.25) is 0 Å². The van der Waals surface area contributed by atoms with Gasteiger partial charge in [-0.1, -0.05) is 266 Å². The molecule has 0 spiro atoms. The highest BCUT2D eigenvalue weighted by Gasteiger charge is 2.41. The van der Waals surface area contributed by atoms with Crippen molar-refractivity contribution in [2.45, 2.75) is 277 Å². The fraction of sp³-hybridized carbons (Fsp3) is 0.518. The number of phenols is 2. The maximum absolute atomic E-state index is 13.3. The van der Waals surface area contributed by atoms with E-state index < -0.39 is 11.8 Å². The number of allylic oxidation sites excluding steroid dienone is 3. The number of unbranched alkanes of at least 4 members (excludes halogenated alkanes) is 7. The number of halogens is 3. The lowest BCUT2D eigenvalue weighted by Gasteiger charge is -2.30. The Labute approximate surface area is 787 Å². The second-order valence-corrected chi connectivity index (χ2v) is 37.6. The van der Waals surface area contributed by atoms with Crippen LogP contribution < -0.4 is 23.7 Å². The monoisotopic (exact) mass is 1920 g/mol. The first-order valence-electron chi connectivity index (χ1n) is 48.6. The molecule has 2 N–H and O–H groups in total. The molecule has 9 aromatic carbocycles. The first-order chi connectivity index (χ1) is 61.6. The van der Waals surface area contributed by atoms with E-state index >= 15 is 0 Å². The molecule has 15 heteroatoms. The van der Waals surface area contributed by atoms with Crippen LogP contribution in [0.15, 0.2) is 172 Å². The lowest BCUT2D eigenvalue weighted by atomic mass is 9.72. The van der Waals surface area contributed by atoms with Crippen molar-refractivity contribution >= 4 is 114 Å². The standard InChI is InChI=1S/C30H40Br2O2.C30H42O4.C30H42O2.C14H8O4.C8H17Br/c2*1-5-9-11-21(7-3)19-33-23-13-15-25-27(17-23)29(31)26-16-14-24(18-28(26)30(25)32)34-20-22(8-4)12-10-6-2;1-5-9-11-23(7-3)21-31-29-15-13-25-18-28-20-30(16-14-26(28)17-27(25)19-29)32-22-24(8-4)12-10-6-2;15-7-1-3-9-11(5-7)14(18)10-4-2-8(16)6-12(10)13(9)17;1-3-5-6-8(4-2)7-9/h13-18,21-22H,5-12,19-20H2,1-4H3;13-18,21-22,25,27H,5-12,19-20H2,1-4H3;13-20,23-24H,5-12,21-22H2,1-4H3;1-6,15-16H;8H,3-7H2,1-2H3. The molecular formula is C112H149Br3O12. The fourth-order valence-corrected chi connectivity index (χ4v) is 18.8. The third-order valence-corrected chi connectivity index (χ3v) is 28.5. The first kappa shape index (κ1) is 104. The van der Waals surface area contributed by atoms with Crippen LogP contribution in [-0.2, 0) is 4.74 Å². The molecular weight excluding hydrogens is 1780 g/mol. The lowest BCUT2D eigenvalue weighted by Crippen LogP contribution is -2.36. The molecule has 3 aliphatic carbocycles. The number of phenolic OH excluding ortho intramolecular Hbond substituents is 2. The van der Waals surface area contributed by atoms with Gasteiger partial charge in [0.1, 0.15) is 46.0 Å². The minimum Gasteiger partial charge on any atom is -0.508 e. The van der Waals surface area contributed by atoms with Gasteiger partial charge in [0.15, 0.2) is 23.1 Å². The van der Waals surface area contributed by atoms with Crippen molar-refractivity contribution in [3.05, 3.63) is 206 Å². The Hall–Kier alpha value is -7.98. The first-order valence-corrected chi connectivity index (χ1v) is 51.4. The number of hydrogen-bond acceptors (Lipinski definition) is 12. The number of aromatic hydroxyl groups is 2. The Kier molecular flexibility index (Phi) is 46.0. The molecule has 0 aliphatic heterocycles. The molecule has 0 fully saturated rings. The van der Waals surface area contributed by atoms with Crippen LogP contribution in [0.3, 0.4) is 0 Å². The fourth-order valence-electron chi connectivity index (χ4n) is 16.7. The van der Waals surface area contributed by atoms with Gasteiger partial charge in [0.05, 0.1) is 51.5 Å². The summed E-state index contributed by atoms with van der Waals surface area (Å²) in [7, 11) is 0. The van der Waals surface area contributed by atoms with Crippen molar-refractivity contribution in [1.29, 1.82) is 0 Å². The van der Waals surface area contributed by atoms with Gasteiger partial charge in [-0.15, -0.1) is 0 Å². The third-order valence-electron chi connectivity index (χ3n) is 25.9. The molecule has 9 unspecified atom stereocenters. The van der Waals surface area contributed by atoms with E-state index in [-0.39, 0.29) is 56.9 Å². The molecule has 12 nitrogen and oxygen atoms in total. The predicted molar refractivity (Wildman–Crippen MR) is 541 cm³/mol. The van der Waals surface area contributed by atoms with Gasteiger partial charge in [-0.3, -0.25) is 19.2 Å². The number of Topliss-reactive ketones (excluding diaryl/α,β-unsaturated/α-hetero) is 2. The van der Waals surface area contributed by atoms with Crippen molar-refractivity contribution in [3.63, 3.8) is 0 Å². The third kappa shape index (κ3) is 31.1. The number of fused-ring (bicyclic) bond motifs is 8. The zero-order valence-corrected chi connectivity index (χ0v) is 83.8. The number of rotatable bonds is 47. The van der Waals surface area contributed by atoms with E-state index in [0.29, 0.717) is 71.4 Å². The molecule has 0 radical (unpaired) electrons. The van der Waals surface area contributed by atoms with E-state index in [2.05, 4.69) is 230 Å². The van der Waals surface area contributed by atoms with Crippen LogP contribution in [0.25, 0.3) is 43.1 Å². The second-order valence-electron chi connectivity index (χ2n) is 35.4. The molecule has 12 rings (SSSR count). The molecule has 0 amide bonds. The van der Waals surface area contributed by atoms with Crippen LogP contribution in [0.5, 0.6) is 40.2 Å². The van der Waals surface area contributed by atoms with Crippen LogP contribution >= 0.6 is 47.8 Å². The van der Waals surface area contributed by atoms with Crippen LogP contribution in [0.4, 0.5) is 0 Å². The number of hydrogen-bond donors (Lipinski definition) is 2. The van der Waals surface area contributed by atoms with Crippen molar-refractivity contribution in [3.8, 4) is 40.2 Å². The molecule has 9 aromatic rings. The lowest BCUT2D eigenvalue weighted by molar-refractivity contribution is 0.0792. The van der Waals surface area contributed by atoms with Crippen molar-refractivity contribution in [2.75, 3.05) is 45.0 Å². The Morgan fingerprint density at radius 2 is 0.606 bits per heavy atom. The molecule has 0 saturated carbocycles. The van der Waals surface area contributed by atoms with E-state index in [1.165, 1.54) is 215 Å². The predicted octanol–water partition coefficient (Wildman–Crippen LogP) is 32.9. The summed E-state index contributed by atoms with van der Waals surface area (Å²) in [4.78, 5) is 50.9. The Balaban J connectivity index is 0.000000206. The van der Waals surface area contributed by atoms with E-state index in [9.17, 15) is 29.4 Å². The molecule has 690 valence electrons. The van der Waals surface area contributed by atoms with Gasteiger partial charge in [-0.25, -0.2) is 0 Å².